The molecule has 19 heavy (non-hydrogen) atoms. The van der Waals surface area contributed by atoms with Crippen molar-refractivity contribution in [1.82, 2.24) is 9.80 Å². The maximum absolute atomic E-state index is 6.22. The van der Waals surface area contributed by atoms with Crippen LogP contribution in [-0.2, 0) is 0 Å². The lowest BCUT2D eigenvalue weighted by atomic mass is 9.84. The molecule has 3 nitrogen and oxygen atoms in total. The molecule has 0 spiro atoms. The summed E-state index contributed by atoms with van der Waals surface area (Å²) in [6, 6.07) is 0.683. The molecule has 2 heterocycles. The van der Waals surface area contributed by atoms with Crippen LogP contribution in [0.5, 0.6) is 0 Å². The van der Waals surface area contributed by atoms with Crippen molar-refractivity contribution in [1.29, 1.82) is 0 Å². The summed E-state index contributed by atoms with van der Waals surface area (Å²) in [5.41, 5.74) is 6.53. The van der Waals surface area contributed by atoms with Crippen molar-refractivity contribution in [3.05, 3.63) is 0 Å². The molecule has 0 bridgehead atoms. The molecule has 2 aliphatic heterocycles. The fraction of sp³-hybridized carbons (Fsp3) is 1.00. The molecule has 0 radical (unpaired) electrons. The molecule has 0 aromatic heterocycles. The molecule has 0 aromatic rings. The van der Waals surface area contributed by atoms with Gasteiger partial charge in [0, 0.05) is 31.2 Å². The molecule has 2 saturated heterocycles. The average Bonchev–Trinajstić information content (AvgIpc) is 2.38. The summed E-state index contributed by atoms with van der Waals surface area (Å²) in [6.45, 7) is 10.5. The van der Waals surface area contributed by atoms with Gasteiger partial charge in [0.2, 0.25) is 0 Å². The van der Waals surface area contributed by atoms with E-state index >= 15 is 0 Å². The number of rotatable bonds is 3. The van der Waals surface area contributed by atoms with Crippen molar-refractivity contribution in [3.8, 4) is 0 Å². The first-order valence-corrected chi connectivity index (χ1v) is 8.37. The Morgan fingerprint density at radius 1 is 0.895 bits per heavy atom. The van der Waals surface area contributed by atoms with Crippen LogP contribution in [-0.4, -0.2) is 54.1 Å². The Hall–Kier alpha value is -0.120. The molecule has 112 valence electrons. The Morgan fingerprint density at radius 3 is 1.89 bits per heavy atom. The topological polar surface area (TPSA) is 32.5 Å². The van der Waals surface area contributed by atoms with Crippen molar-refractivity contribution in [2.75, 3.05) is 32.7 Å². The summed E-state index contributed by atoms with van der Waals surface area (Å²) in [4.78, 5) is 5.36. The highest BCUT2D eigenvalue weighted by molar-refractivity contribution is 4.97. The highest BCUT2D eigenvalue weighted by Crippen LogP contribution is 2.30. The van der Waals surface area contributed by atoms with Crippen LogP contribution in [0, 0.1) is 0 Å². The van der Waals surface area contributed by atoms with Crippen LogP contribution >= 0.6 is 0 Å². The van der Waals surface area contributed by atoms with Gasteiger partial charge in [-0.2, -0.15) is 0 Å². The van der Waals surface area contributed by atoms with Crippen LogP contribution in [0.15, 0.2) is 0 Å². The summed E-state index contributed by atoms with van der Waals surface area (Å²) in [5.74, 6) is 0. The molecule has 2 rings (SSSR count). The zero-order chi connectivity index (χ0) is 13.7. The second-order valence-electron chi connectivity index (χ2n) is 6.81. The van der Waals surface area contributed by atoms with Crippen LogP contribution in [0.3, 0.4) is 0 Å². The van der Waals surface area contributed by atoms with Crippen molar-refractivity contribution in [2.45, 2.75) is 70.4 Å². The molecule has 0 unspecified atom stereocenters. The van der Waals surface area contributed by atoms with Gasteiger partial charge < -0.3 is 10.6 Å². The Bertz CT molecular complexity index is 249. The average molecular weight is 267 g/mol. The lowest BCUT2D eigenvalue weighted by Gasteiger charge is -2.50. The van der Waals surface area contributed by atoms with Gasteiger partial charge in [0.15, 0.2) is 0 Å². The third-order valence-corrected chi connectivity index (χ3v) is 5.37. The predicted octanol–water partition coefficient (Wildman–Crippen LogP) is 2.45. The third kappa shape index (κ3) is 3.71. The van der Waals surface area contributed by atoms with Crippen LogP contribution in [0.25, 0.3) is 0 Å². The minimum Gasteiger partial charge on any atom is -0.329 e. The predicted molar refractivity (Wildman–Crippen MR) is 82.4 cm³/mol. The molecule has 2 aliphatic rings. The number of nitrogens with two attached hydrogens (primary N) is 1. The molecule has 2 N–H and O–H groups in total. The molecule has 0 saturated carbocycles. The highest BCUT2D eigenvalue weighted by atomic mass is 15.2. The van der Waals surface area contributed by atoms with Crippen molar-refractivity contribution in [2.24, 2.45) is 5.73 Å². The van der Waals surface area contributed by atoms with Gasteiger partial charge in [-0.25, -0.2) is 0 Å². The maximum Gasteiger partial charge on any atom is 0.0356 e. The number of hydrogen-bond acceptors (Lipinski definition) is 3. The summed E-state index contributed by atoms with van der Waals surface area (Å²) < 4.78 is 0. The molecular formula is C16H33N3. The lowest BCUT2D eigenvalue weighted by Crippen LogP contribution is -2.60. The Labute approximate surface area is 119 Å². The van der Waals surface area contributed by atoms with Crippen molar-refractivity contribution in [3.63, 3.8) is 0 Å². The normalized spacial score (nSPS) is 27.2. The molecule has 3 heteroatoms. The van der Waals surface area contributed by atoms with Gasteiger partial charge in [-0.05, 0) is 52.6 Å². The Balaban J connectivity index is 1.97. The summed E-state index contributed by atoms with van der Waals surface area (Å²) in [7, 11) is 0. The fourth-order valence-corrected chi connectivity index (χ4v) is 3.83. The van der Waals surface area contributed by atoms with E-state index in [4.69, 9.17) is 5.73 Å². The first-order valence-electron chi connectivity index (χ1n) is 8.37. The zero-order valence-electron chi connectivity index (χ0n) is 13.0. The van der Waals surface area contributed by atoms with Crippen LogP contribution < -0.4 is 5.73 Å². The van der Waals surface area contributed by atoms with Gasteiger partial charge in [-0.15, -0.1) is 0 Å². The third-order valence-electron chi connectivity index (χ3n) is 5.37. The zero-order valence-corrected chi connectivity index (χ0v) is 13.0. The number of nitrogens with zero attached hydrogens (tertiary/aromatic N) is 2. The van der Waals surface area contributed by atoms with E-state index in [1.165, 1.54) is 71.1 Å². The van der Waals surface area contributed by atoms with Crippen molar-refractivity contribution >= 4 is 0 Å². The van der Waals surface area contributed by atoms with Crippen LogP contribution in [0.1, 0.15) is 58.8 Å². The van der Waals surface area contributed by atoms with E-state index < -0.39 is 0 Å². The van der Waals surface area contributed by atoms with Gasteiger partial charge in [0.1, 0.15) is 0 Å². The summed E-state index contributed by atoms with van der Waals surface area (Å²) in [6.07, 6.45) is 9.53. The van der Waals surface area contributed by atoms with E-state index in [1.807, 2.05) is 0 Å². The van der Waals surface area contributed by atoms with E-state index in [2.05, 4.69) is 23.6 Å². The summed E-state index contributed by atoms with van der Waals surface area (Å²) in [5, 5.41) is 0. The molecule has 0 atom stereocenters. The number of piperidine rings is 1. The Morgan fingerprint density at radius 2 is 1.42 bits per heavy atom. The van der Waals surface area contributed by atoms with E-state index in [1.54, 1.807) is 0 Å². The fourth-order valence-electron chi connectivity index (χ4n) is 3.83. The number of hydrogen-bond donors (Lipinski definition) is 1. The van der Waals surface area contributed by atoms with Gasteiger partial charge in [-0.1, -0.05) is 19.3 Å². The van der Waals surface area contributed by atoms with Crippen LogP contribution in [0.2, 0.25) is 0 Å². The van der Waals surface area contributed by atoms with Gasteiger partial charge >= 0.3 is 0 Å². The molecule has 0 aliphatic carbocycles. The van der Waals surface area contributed by atoms with Crippen LogP contribution in [0.4, 0.5) is 0 Å². The second-order valence-corrected chi connectivity index (χ2v) is 6.81. The van der Waals surface area contributed by atoms with E-state index in [-0.39, 0.29) is 0 Å². The van der Waals surface area contributed by atoms with Gasteiger partial charge in [0.25, 0.3) is 0 Å². The van der Waals surface area contributed by atoms with Crippen molar-refractivity contribution < 1.29 is 0 Å². The SMILES string of the molecule is CC(C)N1CCC(CN)(N2CCCCCCC2)CC1. The minimum absolute atomic E-state index is 0.308. The first kappa shape index (κ1) is 15.3. The summed E-state index contributed by atoms with van der Waals surface area (Å²) >= 11 is 0. The molecule has 0 amide bonds. The highest BCUT2D eigenvalue weighted by Gasteiger charge is 2.38. The van der Waals surface area contributed by atoms with Gasteiger partial charge in [0.05, 0.1) is 0 Å². The quantitative estimate of drug-likeness (QED) is 0.852. The monoisotopic (exact) mass is 267 g/mol. The second kappa shape index (κ2) is 7.05. The molecular weight excluding hydrogens is 234 g/mol. The largest absolute Gasteiger partial charge is 0.329 e. The van der Waals surface area contributed by atoms with E-state index in [0.717, 1.165) is 6.54 Å². The maximum atomic E-state index is 6.22. The lowest BCUT2D eigenvalue weighted by molar-refractivity contribution is 0.0132. The Kier molecular flexibility index (Phi) is 5.67. The number of likely N-dealkylation sites (tertiary alicyclic amines) is 2. The molecule has 0 aromatic carbocycles. The van der Waals surface area contributed by atoms with E-state index in [9.17, 15) is 0 Å². The minimum atomic E-state index is 0.308. The smallest absolute Gasteiger partial charge is 0.0356 e. The van der Waals surface area contributed by atoms with E-state index in [0.29, 0.717) is 11.6 Å². The first-order chi connectivity index (χ1) is 9.18. The standard InChI is InChI=1S/C16H33N3/c1-15(2)18-12-8-16(14-17,9-13-18)19-10-6-4-3-5-7-11-19/h15H,3-14,17H2,1-2H3. The van der Waals surface area contributed by atoms with Gasteiger partial charge in [-0.3, -0.25) is 4.90 Å². The molecule has 2 fully saturated rings.